The van der Waals surface area contributed by atoms with Gasteiger partial charge in [-0.1, -0.05) is 24.3 Å². The van der Waals surface area contributed by atoms with Gasteiger partial charge < -0.3 is 24.8 Å². The fourth-order valence-electron chi connectivity index (χ4n) is 3.19. The van der Waals surface area contributed by atoms with Crippen molar-refractivity contribution in [1.29, 1.82) is 0 Å². The Morgan fingerprint density at radius 2 is 1.41 bits per heavy atom. The maximum absolute atomic E-state index is 12.8. The summed E-state index contributed by atoms with van der Waals surface area (Å²) in [4.78, 5) is 25.3. The highest BCUT2D eigenvalue weighted by molar-refractivity contribution is 6.05. The van der Waals surface area contributed by atoms with Gasteiger partial charge in [0.15, 0.2) is 11.5 Å². The number of hydrogen-bond acceptors (Lipinski definition) is 5. The van der Waals surface area contributed by atoms with E-state index in [9.17, 15) is 9.59 Å². The first-order valence-corrected chi connectivity index (χ1v) is 10.0. The Kier molecular flexibility index (Phi) is 7.33. The molecule has 0 bridgehead atoms. The number of aryl methyl sites for hydroxylation is 1. The van der Waals surface area contributed by atoms with Crippen LogP contribution in [0.3, 0.4) is 0 Å². The maximum Gasteiger partial charge on any atom is 0.255 e. The minimum absolute atomic E-state index is 0.224. The van der Waals surface area contributed by atoms with E-state index in [4.69, 9.17) is 14.2 Å². The predicted molar refractivity (Wildman–Crippen MR) is 123 cm³/mol. The number of nitrogens with one attached hydrogen (secondary N) is 2. The molecule has 166 valence electrons. The van der Waals surface area contributed by atoms with E-state index in [2.05, 4.69) is 10.6 Å². The first kappa shape index (κ1) is 22.7. The highest BCUT2D eigenvalue weighted by Gasteiger charge is 2.15. The molecule has 2 amide bonds. The van der Waals surface area contributed by atoms with Gasteiger partial charge in [0.05, 0.1) is 21.3 Å². The Balaban J connectivity index is 1.75. The van der Waals surface area contributed by atoms with Gasteiger partial charge >= 0.3 is 0 Å². The molecule has 0 heterocycles. The van der Waals surface area contributed by atoms with Crippen LogP contribution in [-0.2, 0) is 6.54 Å². The number of carbonyl (C=O) groups excluding carboxylic acids is 2. The van der Waals surface area contributed by atoms with Crippen LogP contribution in [-0.4, -0.2) is 33.1 Å². The predicted octanol–water partition coefficient (Wildman–Crippen LogP) is 4.20. The number of amides is 2. The molecule has 0 fully saturated rings. The van der Waals surface area contributed by atoms with E-state index in [0.29, 0.717) is 34.1 Å². The fourth-order valence-corrected chi connectivity index (χ4v) is 3.19. The summed E-state index contributed by atoms with van der Waals surface area (Å²) in [7, 11) is 4.64. The first-order chi connectivity index (χ1) is 15.5. The van der Waals surface area contributed by atoms with Crippen molar-refractivity contribution in [1.82, 2.24) is 5.32 Å². The van der Waals surface area contributed by atoms with Crippen LogP contribution >= 0.6 is 0 Å². The molecule has 3 aromatic rings. The Bertz CT molecular complexity index is 1110. The van der Waals surface area contributed by atoms with Gasteiger partial charge in [0, 0.05) is 35.0 Å². The van der Waals surface area contributed by atoms with Crippen LogP contribution in [0, 0.1) is 6.92 Å². The fraction of sp³-hybridized carbons (Fsp3) is 0.200. The lowest BCUT2D eigenvalue weighted by Crippen LogP contribution is -2.23. The van der Waals surface area contributed by atoms with Gasteiger partial charge in [0.1, 0.15) is 5.75 Å². The summed E-state index contributed by atoms with van der Waals surface area (Å²) in [5, 5.41) is 5.75. The molecule has 0 aromatic heterocycles. The quantitative estimate of drug-likeness (QED) is 0.555. The molecule has 0 saturated heterocycles. The second-order valence-corrected chi connectivity index (χ2v) is 7.05. The molecule has 0 radical (unpaired) electrons. The van der Waals surface area contributed by atoms with E-state index in [1.165, 1.54) is 0 Å². The molecule has 7 nitrogen and oxygen atoms in total. The normalized spacial score (nSPS) is 10.2. The lowest BCUT2D eigenvalue weighted by atomic mass is 10.1. The largest absolute Gasteiger partial charge is 0.496 e. The summed E-state index contributed by atoms with van der Waals surface area (Å²) < 4.78 is 16.0. The average molecular weight is 434 g/mol. The molecular weight excluding hydrogens is 408 g/mol. The van der Waals surface area contributed by atoms with E-state index in [-0.39, 0.29) is 18.4 Å². The molecule has 0 spiro atoms. The van der Waals surface area contributed by atoms with Gasteiger partial charge in [-0.3, -0.25) is 9.59 Å². The van der Waals surface area contributed by atoms with Gasteiger partial charge in [-0.15, -0.1) is 0 Å². The van der Waals surface area contributed by atoms with Gasteiger partial charge in [0.25, 0.3) is 11.8 Å². The number of anilines is 1. The van der Waals surface area contributed by atoms with Crippen molar-refractivity contribution >= 4 is 17.5 Å². The number of carbonyl (C=O) groups is 2. The highest BCUT2D eigenvalue weighted by Crippen LogP contribution is 2.34. The number of hydrogen-bond donors (Lipinski definition) is 2. The van der Waals surface area contributed by atoms with E-state index >= 15 is 0 Å². The van der Waals surface area contributed by atoms with Crippen molar-refractivity contribution in [2.24, 2.45) is 0 Å². The van der Waals surface area contributed by atoms with Crippen molar-refractivity contribution in [2.75, 3.05) is 26.6 Å². The van der Waals surface area contributed by atoms with Gasteiger partial charge in [0.2, 0.25) is 0 Å². The molecule has 0 aliphatic carbocycles. The van der Waals surface area contributed by atoms with Crippen molar-refractivity contribution in [2.45, 2.75) is 13.5 Å². The zero-order chi connectivity index (χ0) is 23.1. The minimum atomic E-state index is -0.281. The Labute approximate surface area is 187 Å². The molecule has 0 aliphatic rings. The second kappa shape index (κ2) is 10.3. The molecule has 7 heteroatoms. The Morgan fingerprint density at radius 3 is 2.06 bits per heavy atom. The molecule has 0 saturated carbocycles. The van der Waals surface area contributed by atoms with E-state index in [1.54, 1.807) is 75.9 Å². The summed E-state index contributed by atoms with van der Waals surface area (Å²) in [5.74, 6) is 1.14. The monoisotopic (exact) mass is 434 g/mol. The summed E-state index contributed by atoms with van der Waals surface area (Å²) in [6.07, 6.45) is 0. The molecule has 3 rings (SSSR count). The van der Waals surface area contributed by atoms with Crippen molar-refractivity contribution < 1.29 is 23.8 Å². The number of ether oxygens (including phenoxy) is 3. The third-order valence-corrected chi connectivity index (χ3v) is 5.01. The zero-order valence-electron chi connectivity index (χ0n) is 18.5. The number of benzene rings is 3. The molecular formula is C25H26N2O5. The smallest absolute Gasteiger partial charge is 0.255 e. The van der Waals surface area contributed by atoms with Crippen LogP contribution in [0.1, 0.15) is 31.8 Å². The molecule has 2 N–H and O–H groups in total. The van der Waals surface area contributed by atoms with E-state index in [1.807, 2.05) is 13.0 Å². The molecule has 0 atom stereocenters. The van der Waals surface area contributed by atoms with Crippen molar-refractivity contribution in [3.63, 3.8) is 0 Å². The van der Waals surface area contributed by atoms with Crippen molar-refractivity contribution in [3.05, 3.63) is 82.9 Å². The van der Waals surface area contributed by atoms with Crippen LogP contribution in [0.5, 0.6) is 17.2 Å². The SMILES string of the molecule is COc1cc(OC)c(OC)cc1CNC(=O)c1ccc(C)c(NC(=O)c2ccccc2)c1. The molecule has 0 unspecified atom stereocenters. The lowest BCUT2D eigenvalue weighted by Gasteiger charge is -2.15. The standard InChI is InChI=1S/C25H26N2O5/c1-16-10-11-18(12-20(16)27-25(29)17-8-6-5-7-9-17)24(28)26-15-19-13-22(31-3)23(32-4)14-21(19)30-2/h5-14H,15H2,1-4H3,(H,26,28)(H,27,29). The summed E-state index contributed by atoms with van der Waals surface area (Å²) >= 11 is 0. The third-order valence-electron chi connectivity index (χ3n) is 5.01. The second-order valence-electron chi connectivity index (χ2n) is 7.05. The summed E-state index contributed by atoms with van der Waals surface area (Å²) in [5.41, 5.74) is 3.14. The molecule has 3 aromatic carbocycles. The lowest BCUT2D eigenvalue weighted by molar-refractivity contribution is 0.0949. The maximum atomic E-state index is 12.8. The van der Waals surface area contributed by atoms with E-state index in [0.717, 1.165) is 11.1 Å². The van der Waals surface area contributed by atoms with Crippen LogP contribution in [0.15, 0.2) is 60.7 Å². The van der Waals surface area contributed by atoms with Crippen LogP contribution in [0.25, 0.3) is 0 Å². The zero-order valence-corrected chi connectivity index (χ0v) is 18.5. The Morgan fingerprint density at radius 1 is 0.750 bits per heavy atom. The van der Waals surface area contributed by atoms with E-state index < -0.39 is 0 Å². The van der Waals surface area contributed by atoms with Gasteiger partial charge in [-0.05, 0) is 42.8 Å². The summed E-state index contributed by atoms with van der Waals surface area (Å²) in [6, 6.07) is 17.6. The number of rotatable bonds is 8. The van der Waals surface area contributed by atoms with Crippen molar-refractivity contribution in [3.8, 4) is 17.2 Å². The molecule has 32 heavy (non-hydrogen) atoms. The van der Waals surface area contributed by atoms with Crippen LogP contribution in [0.2, 0.25) is 0 Å². The van der Waals surface area contributed by atoms with Crippen LogP contribution < -0.4 is 24.8 Å². The Hall–Kier alpha value is -4.00. The highest BCUT2D eigenvalue weighted by atomic mass is 16.5. The van der Waals surface area contributed by atoms with Gasteiger partial charge in [-0.2, -0.15) is 0 Å². The third kappa shape index (κ3) is 5.18. The average Bonchev–Trinajstić information content (AvgIpc) is 2.83. The first-order valence-electron chi connectivity index (χ1n) is 10.0. The minimum Gasteiger partial charge on any atom is -0.496 e. The van der Waals surface area contributed by atoms with Crippen LogP contribution in [0.4, 0.5) is 5.69 Å². The van der Waals surface area contributed by atoms with Gasteiger partial charge in [-0.25, -0.2) is 0 Å². The summed E-state index contributed by atoms with van der Waals surface area (Å²) in [6.45, 7) is 2.10. The number of methoxy groups -OCH3 is 3. The molecule has 0 aliphatic heterocycles. The topological polar surface area (TPSA) is 85.9 Å².